The molecule has 1 aliphatic carbocycles. The summed E-state index contributed by atoms with van der Waals surface area (Å²) in [6.45, 7) is 2.26. The van der Waals surface area contributed by atoms with Crippen LogP contribution < -0.4 is 0 Å². The molecule has 1 aliphatic rings. The Hall–Kier alpha value is -0.330. The van der Waals surface area contributed by atoms with Crippen molar-refractivity contribution in [3.8, 4) is 0 Å². The number of hydrogen-bond acceptors (Lipinski definition) is 1. The summed E-state index contributed by atoms with van der Waals surface area (Å²) >= 11 is 0. The van der Waals surface area contributed by atoms with E-state index in [0.29, 0.717) is 5.41 Å². The second kappa shape index (κ2) is 6.21. The minimum absolute atomic E-state index is 0.551. The van der Waals surface area contributed by atoms with E-state index in [0.717, 1.165) is 19.1 Å². The van der Waals surface area contributed by atoms with Gasteiger partial charge in [-0.15, -0.1) is 0 Å². The normalized spacial score (nSPS) is 20.6. The SMILES string of the molecule is CCCCC1(CCC=O)CCCCC1. The molecule has 0 atom stereocenters. The molecule has 1 heteroatoms. The summed E-state index contributed by atoms with van der Waals surface area (Å²) in [7, 11) is 0. The molecule has 0 radical (unpaired) electrons. The van der Waals surface area contributed by atoms with Gasteiger partial charge < -0.3 is 4.79 Å². The number of unbranched alkanes of at least 4 members (excludes halogenated alkanes) is 1. The molecule has 1 rings (SSSR count). The molecule has 14 heavy (non-hydrogen) atoms. The summed E-state index contributed by atoms with van der Waals surface area (Å²) in [5.41, 5.74) is 0.551. The van der Waals surface area contributed by atoms with Crippen LogP contribution in [0.1, 0.15) is 71.1 Å². The molecule has 82 valence electrons. The minimum atomic E-state index is 0.551. The standard InChI is InChI=1S/C13H24O/c1-2-3-8-13(11-7-12-14)9-5-4-6-10-13/h12H,2-11H2,1H3. The average Bonchev–Trinajstić information content (AvgIpc) is 2.25. The fourth-order valence-corrected chi connectivity index (χ4v) is 2.84. The first kappa shape index (κ1) is 11.7. The lowest BCUT2D eigenvalue weighted by Gasteiger charge is -2.37. The third-order valence-electron chi connectivity index (χ3n) is 3.77. The van der Waals surface area contributed by atoms with Crippen molar-refractivity contribution in [1.82, 2.24) is 0 Å². The van der Waals surface area contributed by atoms with E-state index in [1.807, 2.05) is 0 Å². The van der Waals surface area contributed by atoms with Gasteiger partial charge in [-0.2, -0.15) is 0 Å². The van der Waals surface area contributed by atoms with Gasteiger partial charge in [0.15, 0.2) is 0 Å². The van der Waals surface area contributed by atoms with Crippen LogP contribution in [0.25, 0.3) is 0 Å². The number of hydrogen-bond donors (Lipinski definition) is 0. The lowest BCUT2D eigenvalue weighted by molar-refractivity contribution is -0.108. The molecule has 0 N–H and O–H groups in total. The first-order chi connectivity index (χ1) is 6.83. The second-order valence-electron chi connectivity index (χ2n) is 4.87. The van der Waals surface area contributed by atoms with Crippen LogP contribution in [0, 0.1) is 5.41 Å². The maximum absolute atomic E-state index is 10.5. The molecule has 0 aliphatic heterocycles. The Morgan fingerprint density at radius 1 is 1.14 bits per heavy atom. The van der Waals surface area contributed by atoms with Crippen LogP contribution in [-0.2, 0) is 4.79 Å². The smallest absolute Gasteiger partial charge is 0.120 e. The lowest BCUT2D eigenvalue weighted by atomic mass is 9.68. The quantitative estimate of drug-likeness (QED) is 0.584. The van der Waals surface area contributed by atoms with Crippen LogP contribution in [0.5, 0.6) is 0 Å². The van der Waals surface area contributed by atoms with Crippen molar-refractivity contribution < 1.29 is 4.79 Å². The maximum atomic E-state index is 10.5. The van der Waals surface area contributed by atoms with Crippen molar-refractivity contribution in [3.63, 3.8) is 0 Å². The fraction of sp³-hybridized carbons (Fsp3) is 0.923. The predicted molar refractivity (Wildman–Crippen MR) is 60.3 cm³/mol. The zero-order valence-corrected chi connectivity index (χ0v) is 9.56. The van der Waals surface area contributed by atoms with E-state index in [1.165, 1.54) is 51.4 Å². The minimum Gasteiger partial charge on any atom is -0.303 e. The fourth-order valence-electron chi connectivity index (χ4n) is 2.84. The maximum Gasteiger partial charge on any atom is 0.120 e. The molecular weight excluding hydrogens is 172 g/mol. The Morgan fingerprint density at radius 3 is 2.43 bits per heavy atom. The zero-order chi connectivity index (χ0) is 10.3. The van der Waals surface area contributed by atoms with Gasteiger partial charge in [-0.1, -0.05) is 39.0 Å². The molecule has 1 saturated carbocycles. The van der Waals surface area contributed by atoms with Crippen molar-refractivity contribution >= 4 is 6.29 Å². The highest BCUT2D eigenvalue weighted by atomic mass is 16.1. The van der Waals surface area contributed by atoms with Crippen LogP contribution in [0.15, 0.2) is 0 Å². The molecular formula is C13H24O. The summed E-state index contributed by atoms with van der Waals surface area (Å²) in [6.07, 6.45) is 14.0. The number of aldehydes is 1. The molecule has 1 nitrogen and oxygen atoms in total. The molecule has 0 amide bonds. The van der Waals surface area contributed by atoms with Gasteiger partial charge in [0.05, 0.1) is 0 Å². The van der Waals surface area contributed by atoms with E-state index in [1.54, 1.807) is 0 Å². The highest BCUT2D eigenvalue weighted by molar-refractivity contribution is 5.49. The van der Waals surface area contributed by atoms with Gasteiger partial charge in [0.1, 0.15) is 6.29 Å². The van der Waals surface area contributed by atoms with Crippen molar-refractivity contribution in [1.29, 1.82) is 0 Å². The monoisotopic (exact) mass is 196 g/mol. The topological polar surface area (TPSA) is 17.1 Å². The number of carbonyl (C=O) groups excluding carboxylic acids is 1. The molecule has 1 fully saturated rings. The first-order valence-electron chi connectivity index (χ1n) is 6.27. The summed E-state index contributed by atoms with van der Waals surface area (Å²) in [5.74, 6) is 0. The van der Waals surface area contributed by atoms with E-state index in [-0.39, 0.29) is 0 Å². The van der Waals surface area contributed by atoms with Crippen molar-refractivity contribution in [2.75, 3.05) is 0 Å². The Morgan fingerprint density at radius 2 is 1.86 bits per heavy atom. The van der Waals surface area contributed by atoms with Crippen molar-refractivity contribution in [2.45, 2.75) is 71.1 Å². The molecule has 0 heterocycles. The van der Waals surface area contributed by atoms with Crippen LogP contribution in [0.3, 0.4) is 0 Å². The molecule has 0 aromatic heterocycles. The van der Waals surface area contributed by atoms with Crippen LogP contribution in [-0.4, -0.2) is 6.29 Å². The largest absolute Gasteiger partial charge is 0.303 e. The Labute approximate surface area is 88.3 Å². The van der Waals surface area contributed by atoms with Gasteiger partial charge in [-0.05, 0) is 31.1 Å². The summed E-state index contributed by atoms with van der Waals surface area (Å²) in [6, 6.07) is 0. The van der Waals surface area contributed by atoms with E-state index >= 15 is 0 Å². The van der Waals surface area contributed by atoms with E-state index in [2.05, 4.69) is 6.92 Å². The molecule has 0 saturated heterocycles. The average molecular weight is 196 g/mol. The third-order valence-corrected chi connectivity index (χ3v) is 3.77. The molecule has 0 spiro atoms. The van der Waals surface area contributed by atoms with Crippen molar-refractivity contribution in [2.24, 2.45) is 5.41 Å². The van der Waals surface area contributed by atoms with Gasteiger partial charge in [-0.3, -0.25) is 0 Å². The second-order valence-corrected chi connectivity index (χ2v) is 4.87. The molecule has 0 aromatic carbocycles. The Balaban J connectivity index is 2.43. The first-order valence-corrected chi connectivity index (χ1v) is 6.27. The zero-order valence-electron chi connectivity index (χ0n) is 9.56. The number of rotatable bonds is 6. The highest BCUT2D eigenvalue weighted by Gasteiger charge is 2.30. The van der Waals surface area contributed by atoms with Gasteiger partial charge in [0.2, 0.25) is 0 Å². The highest BCUT2D eigenvalue weighted by Crippen LogP contribution is 2.43. The molecule has 0 bridgehead atoms. The summed E-state index contributed by atoms with van der Waals surface area (Å²) in [5, 5.41) is 0. The van der Waals surface area contributed by atoms with Crippen LogP contribution in [0.2, 0.25) is 0 Å². The lowest BCUT2D eigenvalue weighted by Crippen LogP contribution is -2.24. The van der Waals surface area contributed by atoms with Crippen LogP contribution >= 0.6 is 0 Å². The Bertz CT molecular complexity index is 157. The van der Waals surface area contributed by atoms with Gasteiger partial charge >= 0.3 is 0 Å². The van der Waals surface area contributed by atoms with Gasteiger partial charge in [0.25, 0.3) is 0 Å². The van der Waals surface area contributed by atoms with E-state index in [4.69, 9.17) is 0 Å². The molecule has 0 aromatic rings. The summed E-state index contributed by atoms with van der Waals surface area (Å²) in [4.78, 5) is 10.5. The summed E-state index contributed by atoms with van der Waals surface area (Å²) < 4.78 is 0. The number of carbonyl (C=O) groups is 1. The van der Waals surface area contributed by atoms with Crippen molar-refractivity contribution in [3.05, 3.63) is 0 Å². The Kier molecular flexibility index (Phi) is 5.21. The third kappa shape index (κ3) is 3.43. The predicted octanol–water partition coefficient (Wildman–Crippen LogP) is 4.11. The molecule has 0 unspecified atom stereocenters. The van der Waals surface area contributed by atoms with E-state index in [9.17, 15) is 4.79 Å². The van der Waals surface area contributed by atoms with Gasteiger partial charge in [-0.25, -0.2) is 0 Å². The van der Waals surface area contributed by atoms with Crippen LogP contribution in [0.4, 0.5) is 0 Å². The van der Waals surface area contributed by atoms with Gasteiger partial charge in [0, 0.05) is 6.42 Å². The van der Waals surface area contributed by atoms with E-state index < -0.39 is 0 Å².